The third kappa shape index (κ3) is 2.84. The van der Waals surface area contributed by atoms with Gasteiger partial charge < -0.3 is 4.57 Å². The summed E-state index contributed by atoms with van der Waals surface area (Å²) in [5, 5.41) is 0.675. The van der Waals surface area contributed by atoms with E-state index in [4.69, 9.17) is 16.6 Å². The first kappa shape index (κ1) is 17.8. The molecule has 27 heavy (non-hydrogen) atoms. The SMILES string of the molecule is CC#Cc1cccc(C=O)c1C1CC(N(C)C)c2nc3ccc(Cl)cc3n21. The molecule has 0 fully saturated rings. The van der Waals surface area contributed by atoms with Crippen molar-refractivity contribution in [3.05, 3.63) is 63.9 Å². The number of fused-ring (bicyclic) bond motifs is 3. The molecule has 136 valence electrons. The zero-order valence-corrected chi connectivity index (χ0v) is 16.3. The van der Waals surface area contributed by atoms with Gasteiger partial charge in [-0.2, -0.15) is 0 Å². The standard InChI is InChI=1S/C22H20ClN3O/c1-4-6-14-7-5-8-15(13-27)21(14)19-12-20(25(2)3)22-24-17-10-9-16(23)11-18(17)26(19)22/h5,7-11,13,19-20H,12H2,1-3H3. The Hall–Kier alpha value is -2.61. The van der Waals surface area contributed by atoms with Crippen LogP contribution in [0.2, 0.25) is 5.02 Å². The Morgan fingerprint density at radius 3 is 2.81 bits per heavy atom. The van der Waals surface area contributed by atoms with E-state index >= 15 is 0 Å². The molecule has 0 N–H and O–H groups in total. The fourth-order valence-electron chi connectivity index (χ4n) is 4.06. The summed E-state index contributed by atoms with van der Waals surface area (Å²) in [4.78, 5) is 18.9. The molecule has 4 rings (SSSR count). The molecule has 1 aliphatic rings. The van der Waals surface area contributed by atoms with E-state index in [1.807, 2.05) is 43.3 Å². The molecule has 0 spiro atoms. The maximum absolute atomic E-state index is 11.8. The number of carbonyl (C=O) groups excluding carboxylic acids is 1. The van der Waals surface area contributed by atoms with Crippen LogP contribution < -0.4 is 0 Å². The second kappa shape index (κ2) is 6.84. The van der Waals surface area contributed by atoms with Gasteiger partial charge in [0.05, 0.1) is 23.1 Å². The molecule has 2 aromatic carbocycles. The van der Waals surface area contributed by atoms with Gasteiger partial charge in [-0.1, -0.05) is 29.7 Å². The quantitative estimate of drug-likeness (QED) is 0.499. The average Bonchev–Trinajstić information content (AvgIpc) is 3.19. The fourth-order valence-corrected chi connectivity index (χ4v) is 4.23. The van der Waals surface area contributed by atoms with Crippen LogP contribution in [0.3, 0.4) is 0 Å². The van der Waals surface area contributed by atoms with Gasteiger partial charge in [-0.05, 0) is 51.7 Å². The molecule has 4 nitrogen and oxygen atoms in total. The largest absolute Gasteiger partial charge is 0.319 e. The zero-order valence-electron chi connectivity index (χ0n) is 15.5. The van der Waals surface area contributed by atoms with Crippen molar-refractivity contribution in [2.24, 2.45) is 0 Å². The summed E-state index contributed by atoms with van der Waals surface area (Å²) in [6.45, 7) is 1.81. The van der Waals surface area contributed by atoms with Crippen molar-refractivity contribution >= 4 is 28.9 Å². The topological polar surface area (TPSA) is 38.1 Å². The summed E-state index contributed by atoms with van der Waals surface area (Å²) in [5.41, 5.74) is 4.43. The molecule has 5 heteroatoms. The predicted octanol–water partition coefficient (Wildman–Crippen LogP) is 4.47. The molecular weight excluding hydrogens is 358 g/mol. The lowest BCUT2D eigenvalue weighted by molar-refractivity contribution is 0.112. The van der Waals surface area contributed by atoms with Crippen LogP contribution in [0.15, 0.2) is 36.4 Å². The van der Waals surface area contributed by atoms with Gasteiger partial charge in [0.15, 0.2) is 0 Å². The normalized spacial score (nSPS) is 18.4. The van der Waals surface area contributed by atoms with Gasteiger partial charge in [0.1, 0.15) is 12.1 Å². The molecule has 2 unspecified atom stereocenters. The van der Waals surface area contributed by atoms with Crippen LogP contribution >= 0.6 is 11.6 Å². The lowest BCUT2D eigenvalue weighted by Crippen LogP contribution is -2.18. The lowest BCUT2D eigenvalue weighted by Gasteiger charge is -2.20. The number of benzene rings is 2. The third-order valence-electron chi connectivity index (χ3n) is 5.22. The number of hydrogen-bond donors (Lipinski definition) is 0. The maximum atomic E-state index is 11.8. The molecule has 1 aromatic heterocycles. The Balaban J connectivity index is 2.02. The van der Waals surface area contributed by atoms with Crippen LogP contribution in [-0.4, -0.2) is 34.8 Å². The minimum absolute atomic E-state index is 0.0203. The van der Waals surface area contributed by atoms with Crippen LogP contribution in [0.4, 0.5) is 0 Å². The highest BCUT2D eigenvalue weighted by Crippen LogP contribution is 2.45. The Morgan fingerprint density at radius 1 is 1.30 bits per heavy atom. The molecule has 0 saturated carbocycles. The highest BCUT2D eigenvalue weighted by atomic mass is 35.5. The molecule has 2 atom stereocenters. The lowest BCUT2D eigenvalue weighted by atomic mass is 9.92. The maximum Gasteiger partial charge on any atom is 0.150 e. The number of carbonyl (C=O) groups is 1. The number of nitrogens with zero attached hydrogens (tertiary/aromatic N) is 3. The van der Waals surface area contributed by atoms with Crippen molar-refractivity contribution < 1.29 is 4.79 Å². The zero-order chi connectivity index (χ0) is 19.1. The van der Waals surface area contributed by atoms with Crippen molar-refractivity contribution in [1.82, 2.24) is 14.5 Å². The van der Waals surface area contributed by atoms with Crippen LogP contribution in [0.5, 0.6) is 0 Å². The van der Waals surface area contributed by atoms with Gasteiger partial charge >= 0.3 is 0 Å². The summed E-state index contributed by atoms with van der Waals surface area (Å²) in [6, 6.07) is 11.6. The van der Waals surface area contributed by atoms with Crippen molar-refractivity contribution in [3.8, 4) is 11.8 Å². The van der Waals surface area contributed by atoms with E-state index in [0.29, 0.717) is 10.6 Å². The first-order chi connectivity index (χ1) is 13.0. The molecule has 0 bridgehead atoms. The van der Waals surface area contributed by atoms with Gasteiger partial charge in [-0.3, -0.25) is 9.69 Å². The van der Waals surface area contributed by atoms with Crippen molar-refractivity contribution in [1.29, 1.82) is 0 Å². The summed E-state index contributed by atoms with van der Waals surface area (Å²) >= 11 is 6.28. The second-order valence-electron chi connectivity index (χ2n) is 7.01. The summed E-state index contributed by atoms with van der Waals surface area (Å²) in [7, 11) is 4.12. The van der Waals surface area contributed by atoms with Crippen molar-refractivity contribution in [3.63, 3.8) is 0 Å². The van der Waals surface area contributed by atoms with E-state index in [0.717, 1.165) is 40.7 Å². The Bertz CT molecular complexity index is 1100. The van der Waals surface area contributed by atoms with Crippen LogP contribution in [0.1, 0.15) is 52.7 Å². The van der Waals surface area contributed by atoms with E-state index in [9.17, 15) is 4.79 Å². The smallest absolute Gasteiger partial charge is 0.150 e. The molecule has 0 amide bonds. The Morgan fingerprint density at radius 2 is 2.11 bits per heavy atom. The number of aromatic nitrogens is 2. The van der Waals surface area contributed by atoms with E-state index in [1.54, 1.807) is 0 Å². The fraction of sp³-hybridized carbons (Fsp3) is 0.273. The Kier molecular flexibility index (Phi) is 4.51. The van der Waals surface area contributed by atoms with Gasteiger partial charge in [-0.15, -0.1) is 5.92 Å². The summed E-state index contributed by atoms with van der Waals surface area (Å²) in [6.07, 6.45) is 1.76. The first-order valence-electron chi connectivity index (χ1n) is 8.89. The van der Waals surface area contributed by atoms with E-state index < -0.39 is 0 Å². The molecule has 2 heterocycles. The third-order valence-corrected chi connectivity index (χ3v) is 5.45. The van der Waals surface area contributed by atoms with Crippen molar-refractivity contribution in [2.45, 2.75) is 25.4 Å². The van der Waals surface area contributed by atoms with Crippen LogP contribution in [0, 0.1) is 11.8 Å². The predicted molar refractivity (Wildman–Crippen MR) is 108 cm³/mol. The molecule has 0 aliphatic carbocycles. The van der Waals surface area contributed by atoms with E-state index in [2.05, 4.69) is 35.4 Å². The number of aldehydes is 1. The molecule has 3 aromatic rings. The van der Waals surface area contributed by atoms with Crippen LogP contribution in [0.25, 0.3) is 11.0 Å². The highest BCUT2D eigenvalue weighted by Gasteiger charge is 2.37. The molecule has 0 radical (unpaired) electrons. The average molecular weight is 378 g/mol. The number of imidazole rings is 1. The minimum Gasteiger partial charge on any atom is -0.319 e. The van der Waals surface area contributed by atoms with Gasteiger partial charge in [0, 0.05) is 21.7 Å². The summed E-state index contributed by atoms with van der Waals surface area (Å²) in [5.74, 6) is 7.15. The van der Waals surface area contributed by atoms with E-state index in [1.165, 1.54) is 0 Å². The van der Waals surface area contributed by atoms with Gasteiger partial charge in [0.2, 0.25) is 0 Å². The van der Waals surface area contributed by atoms with Crippen LogP contribution in [-0.2, 0) is 0 Å². The molecule has 1 aliphatic heterocycles. The number of rotatable bonds is 3. The molecule has 0 saturated heterocycles. The van der Waals surface area contributed by atoms with Crippen molar-refractivity contribution in [2.75, 3.05) is 14.1 Å². The second-order valence-corrected chi connectivity index (χ2v) is 7.44. The summed E-state index contributed by atoms with van der Waals surface area (Å²) < 4.78 is 2.23. The minimum atomic E-state index is -0.0203. The van der Waals surface area contributed by atoms with Gasteiger partial charge in [0.25, 0.3) is 0 Å². The van der Waals surface area contributed by atoms with E-state index in [-0.39, 0.29) is 12.1 Å². The highest BCUT2D eigenvalue weighted by molar-refractivity contribution is 6.31. The van der Waals surface area contributed by atoms with Gasteiger partial charge in [-0.25, -0.2) is 4.98 Å². The number of halogens is 1. The number of hydrogen-bond acceptors (Lipinski definition) is 3. The first-order valence-corrected chi connectivity index (χ1v) is 9.27. The Labute approximate surface area is 163 Å². The molecular formula is C22H20ClN3O. The monoisotopic (exact) mass is 377 g/mol.